The Bertz CT molecular complexity index is 1270. The van der Waals surface area contributed by atoms with E-state index in [1.807, 2.05) is 31.5 Å². The number of nitrogens with two attached hydrogens (primary N) is 1. The lowest BCUT2D eigenvalue weighted by Crippen LogP contribution is -2.67. The molecule has 0 spiro atoms. The van der Waals surface area contributed by atoms with Crippen molar-refractivity contribution in [1.82, 2.24) is 14.8 Å². The van der Waals surface area contributed by atoms with Gasteiger partial charge in [-0.15, -0.1) is 0 Å². The monoisotopic (exact) mass is 512 g/mol. The summed E-state index contributed by atoms with van der Waals surface area (Å²) in [5.41, 5.74) is 10.9. The first-order valence-electron chi connectivity index (χ1n) is 12.2. The van der Waals surface area contributed by atoms with Crippen LogP contribution in [0.4, 0.5) is 8.78 Å². The summed E-state index contributed by atoms with van der Waals surface area (Å²) < 4.78 is 37.3. The number of Topliss-reactive ketones (excluding diaryl/α,β-unsaturated/α-hetero) is 1. The fourth-order valence-corrected chi connectivity index (χ4v) is 4.21. The van der Waals surface area contributed by atoms with Crippen molar-refractivity contribution in [3.8, 4) is 5.75 Å². The van der Waals surface area contributed by atoms with Crippen LogP contribution >= 0.6 is 0 Å². The van der Waals surface area contributed by atoms with Crippen LogP contribution in [0, 0.1) is 11.6 Å². The van der Waals surface area contributed by atoms with Gasteiger partial charge in [-0.2, -0.15) is 4.39 Å². The largest absolute Gasteiger partial charge is 0.489 e. The summed E-state index contributed by atoms with van der Waals surface area (Å²) >= 11 is 0. The van der Waals surface area contributed by atoms with Crippen LogP contribution in [0.1, 0.15) is 30.3 Å². The molecule has 1 aliphatic heterocycles. The zero-order valence-electron chi connectivity index (χ0n) is 22.1. The molecule has 198 valence electrons. The van der Waals surface area contributed by atoms with Crippen LogP contribution in [0.2, 0.25) is 0 Å². The van der Waals surface area contributed by atoms with Gasteiger partial charge >= 0.3 is 0 Å². The van der Waals surface area contributed by atoms with Gasteiger partial charge in [0.25, 0.3) is 0 Å². The van der Waals surface area contributed by atoms with Crippen LogP contribution in [0.3, 0.4) is 0 Å². The first-order valence-corrected chi connectivity index (χ1v) is 12.2. The zero-order valence-corrected chi connectivity index (χ0v) is 22.1. The van der Waals surface area contributed by atoms with Gasteiger partial charge in [0.15, 0.2) is 23.1 Å². The van der Waals surface area contributed by atoms with Crippen LogP contribution < -0.4 is 20.8 Å². The Hall–Kier alpha value is -3.56. The number of nitrogens with one attached hydrogen (secondary N) is 2. The molecule has 1 aromatic carbocycles. The molecule has 0 saturated carbocycles. The van der Waals surface area contributed by atoms with Crippen molar-refractivity contribution in [3.63, 3.8) is 0 Å². The van der Waals surface area contributed by atoms with Gasteiger partial charge in [0.05, 0.1) is 18.8 Å². The Labute approximate surface area is 217 Å². The Morgan fingerprint density at radius 2 is 2.00 bits per heavy atom. The van der Waals surface area contributed by atoms with Crippen molar-refractivity contribution >= 4 is 23.3 Å². The third-order valence-electron chi connectivity index (χ3n) is 6.21. The van der Waals surface area contributed by atoms with E-state index >= 15 is 4.39 Å². The Morgan fingerprint density at radius 1 is 1.24 bits per heavy atom. The molecule has 0 bridgehead atoms. The van der Waals surface area contributed by atoms with Gasteiger partial charge in [0, 0.05) is 60.6 Å². The highest BCUT2D eigenvalue weighted by molar-refractivity contribution is 6.05. The van der Waals surface area contributed by atoms with Crippen molar-refractivity contribution in [2.24, 2.45) is 5.73 Å². The Morgan fingerprint density at radius 3 is 2.68 bits per heavy atom. The van der Waals surface area contributed by atoms with E-state index in [0.717, 1.165) is 17.5 Å². The van der Waals surface area contributed by atoms with E-state index in [2.05, 4.69) is 20.9 Å². The number of ketones is 1. The van der Waals surface area contributed by atoms with Crippen molar-refractivity contribution in [3.05, 3.63) is 76.3 Å². The minimum absolute atomic E-state index is 0.00552. The molecule has 0 amide bonds. The lowest BCUT2D eigenvalue weighted by atomic mass is 10.0. The molecule has 1 aromatic heterocycles. The summed E-state index contributed by atoms with van der Waals surface area (Å²) in [6.07, 6.45) is 6.72. The number of fused-ring (bicyclic) bond motifs is 1. The van der Waals surface area contributed by atoms with E-state index in [-0.39, 0.29) is 36.8 Å². The molecule has 0 saturated heterocycles. The fraction of sp³-hybridized carbons (Fsp3) is 0.357. The lowest BCUT2D eigenvalue weighted by Gasteiger charge is -2.16. The molecule has 2 heterocycles. The van der Waals surface area contributed by atoms with E-state index in [0.29, 0.717) is 35.4 Å². The standard InChI is InChI=1S/C28H35F2N5O2/c1-18(33-3)22(27(31)25(36)17-34(4)5)13-14-37-28-23(11-12-24(29)26(28)30)19-7-6-8-20-9-10-21(15-32-2)35(20)16-19/h6-7,9-12,16,32H,8,13-15,17,31H2,1-5H3/p+1/b27-22-,33-18?. The SMILES string of the molecule is CNCc1ccc2n1C=C(c1ccc(F)c(F)c1OCC/C(C(C)=[NH+]C)=C(/N)C(=O)CN(C)C)C=CC2. The number of halogens is 2. The summed E-state index contributed by atoms with van der Waals surface area (Å²) in [5.74, 6) is -2.46. The smallest absolute Gasteiger partial charge is 0.201 e. The Balaban J connectivity index is 1.94. The van der Waals surface area contributed by atoms with Crippen molar-refractivity contribution in [2.45, 2.75) is 26.3 Å². The molecule has 3 rings (SSSR count). The van der Waals surface area contributed by atoms with Gasteiger partial charge in [-0.05, 0) is 45.4 Å². The number of rotatable bonds is 11. The van der Waals surface area contributed by atoms with Gasteiger partial charge in [-0.1, -0.05) is 12.2 Å². The maximum atomic E-state index is 15.1. The third-order valence-corrected chi connectivity index (χ3v) is 6.21. The topological polar surface area (TPSA) is 86.5 Å². The molecular formula is C28H36F2N5O2+. The number of carbonyl (C=O) groups is 1. The second-order valence-electron chi connectivity index (χ2n) is 9.17. The normalized spacial score (nSPS) is 14.3. The third kappa shape index (κ3) is 6.61. The van der Waals surface area contributed by atoms with E-state index in [1.54, 1.807) is 33.0 Å². The molecule has 7 nitrogen and oxygen atoms in total. The molecule has 2 aromatic rings. The van der Waals surface area contributed by atoms with Gasteiger partial charge in [0.1, 0.15) is 7.05 Å². The fourth-order valence-electron chi connectivity index (χ4n) is 4.21. The average Bonchev–Trinajstić information content (AvgIpc) is 3.10. The average molecular weight is 513 g/mol. The Kier molecular flexibility index (Phi) is 9.54. The quantitative estimate of drug-likeness (QED) is 0.316. The molecule has 0 radical (unpaired) electrons. The van der Waals surface area contributed by atoms with Gasteiger partial charge in [-0.25, -0.2) is 9.38 Å². The molecule has 4 N–H and O–H groups in total. The van der Waals surface area contributed by atoms with Gasteiger partial charge < -0.3 is 25.3 Å². The highest BCUT2D eigenvalue weighted by Crippen LogP contribution is 2.34. The highest BCUT2D eigenvalue weighted by atomic mass is 19.2. The van der Waals surface area contributed by atoms with Crippen molar-refractivity contribution in [2.75, 3.05) is 41.3 Å². The van der Waals surface area contributed by atoms with E-state index in [4.69, 9.17) is 10.5 Å². The maximum Gasteiger partial charge on any atom is 0.201 e. The summed E-state index contributed by atoms with van der Waals surface area (Å²) in [4.78, 5) is 17.3. The summed E-state index contributed by atoms with van der Waals surface area (Å²) in [6.45, 7) is 2.62. The minimum Gasteiger partial charge on any atom is -0.489 e. The van der Waals surface area contributed by atoms with Crippen molar-refractivity contribution < 1.29 is 23.3 Å². The number of hydrogen-bond donors (Lipinski definition) is 3. The maximum absolute atomic E-state index is 15.1. The first-order chi connectivity index (χ1) is 17.7. The van der Waals surface area contributed by atoms with Crippen molar-refractivity contribution in [1.29, 1.82) is 0 Å². The second-order valence-corrected chi connectivity index (χ2v) is 9.17. The number of benzene rings is 1. The van der Waals surface area contributed by atoms with Gasteiger partial charge in [-0.3, -0.25) is 4.79 Å². The van der Waals surface area contributed by atoms with Gasteiger partial charge in [0.2, 0.25) is 5.82 Å². The molecule has 0 fully saturated rings. The first kappa shape index (κ1) is 28.0. The summed E-state index contributed by atoms with van der Waals surface area (Å²) in [7, 11) is 7.17. The van der Waals surface area contributed by atoms with E-state index in [1.165, 1.54) is 6.07 Å². The lowest BCUT2D eigenvalue weighted by molar-refractivity contribution is -0.419. The van der Waals surface area contributed by atoms with Crippen LogP contribution in [0.5, 0.6) is 5.75 Å². The van der Waals surface area contributed by atoms with E-state index in [9.17, 15) is 9.18 Å². The van der Waals surface area contributed by atoms with E-state index < -0.39 is 11.6 Å². The number of aromatic nitrogens is 1. The number of hydrogen-bond acceptors (Lipinski definition) is 5. The number of likely N-dealkylation sites (N-methyl/N-ethyl adjacent to an activating group) is 1. The summed E-state index contributed by atoms with van der Waals surface area (Å²) in [5, 5.41) is 3.15. The van der Waals surface area contributed by atoms with Crippen LogP contribution in [-0.4, -0.2) is 62.3 Å². The number of carbonyl (C=O) groups excluding carboxylic acids is 1. The predicted molar refractivity (Wildman–Crippen MR) is 143 cm³/mol. The molecular weight excluding hydrogens is 476 g/mol. The van der Waals surface area contributed by atoms with Crippen LogP contribution in [-0.2, 0) is 17.8 Å². The van der Waals surface area contributed by atoms with Crippen LogP contribution in [0.15, 0.2) is 47.7 Å². The van der Waals surface area contributed by atoms with Crippen LogP contribution in [0.25, 0.3) is 11.8 Å². The molecule has 37 heavy (non-hydrogen) atoms. The molecule has 0 aliphatic carbocycles. The second kappa shape index (κ2) is 12.6. The highest BCUT2D eigenvalue weighted by Gasteiger charge is 2.21. The minimum atomic E-state index is -1.06. The number of nitrogens with zero attached hydrogens (tertiary/aromatic N) is 2. The number of ether oxygens (including phenoxy) is 1. The summed E-state index contributed by atoms with van der Waals surface area (Å²) in [6, 6.07) is 6.71. The molecule has 9 heteroatoms. The zero-order chi connectivity index (χ0) is 27.1. The molecule has 0 unspecified atom stereocenters. The molecule has 1 aliphatic rings. The molecule has 0 atom stereocenters. The predicted octanol–water partition coefficient (Wildman–Crippen LogP) is 1.88. The number of allylic oxidation sites excluding steroid dienone is 3.